The Balaban J connectivity index is 1.83. The van der Waals surface area contributed by atoms with Crippen LogP contribution >= 0.6 is 50.7 Å². The van der Waals surface area contributed by atoms with Gasteiger partial charge in [0.2, 0.25) is 5.75 Å². The minimum Gasteiger partial charge on any atom is -0.481 e. The van der Waals surface area contributed by atoms with Crippen molar-refractivity contribution in [2.45, 2.75) is 32.8 Å². The summed E-state index contributed by atoms with van der Waals surface area (Å²) < 4.78 is 7.79. The van der Waals surface area contributed by atoms with Crippen LogP contribution in [0.4, 0.5) is 5.69 Å². The number of nitro groups is 1. The van der Waals surface area contributed by atoms with Gasteiger partial charge < -0.3 is 4.74 Å². The molecule has 0 radical (unpaired) electrons. The van der Waals surface area contributed by atoms with E-state index in [1.54, 1.807) is 30.3 Å². The maximum absolute atomic E-state index is 13.4. The van der Waals surface area contributed by atoms with Crippen LogP contribution in [0.1, 0.15) is 43.1 Å². The zero-order valence-electron chi connectivity index (χ0n) is 20.1. The molecule has 1 atom stereocenters. The highest BCUT2D eigenvalue weighted by atomic mass is 79.9. The van der Waals surface area contributed by atoms with Crippen LogP contribution in [0.3, 0.4) is 0 Å². The number of nitro benzene ring substituents is 1. The third-order valence-corrected chi connectivity index (χ3v) is 7.28. The van der Waals surface area contributed by atoms with Crippen LogP contribution in [0, 0.1) is 10.1 Å². The van der Waals surface area contributed by atoms with Crippen molar-refractivity contribution in [3.63, 3.8) is 0 Å². The van der Waals surface area contributed by atoms with Gasteiger partial charge in [-0.15, -0.1) is 0 Å². The van der Waals surface area contributed by atoms with Crippen molar-refractivity contribution in [2.24, 2.45) is 5.10 Å². The van der Waals surface area contributed by atoms with E-state index in [2.05, 4.69) is 26.0 Å². The van der Waals surface area contributed by atoms with E-state index >= 15 is 0 Å². The molecule has 0 N–H and O–H groups in total. The number of hydrogen-bond acceptors (Lipinski definition) is 6. The van der Waals surface area contributed by atoms with Crippen LogP contribution in [0.15, 0.2) is 62.9 Å². The Bertz CT molecular complexity index is 1640. The van der Waals surface area contributed by atoms with Gasteiger partial charge in [-0.1, -0.05) is 70.6 Å². The average molecular weight is 639 g/mol. The molecule has 0 fully saturated rings. The largest absolute Gasteiger partial charge is 0.481 e. The monoisotopic (exact) mass is 636 g/mol. The first-order valence-electron chi connectivity index (χ1n) is 11.4. The number of rotatable bonds is 8. The van der Waals surface area contributed by atoms with Gasteiger partial charge in [0, 0.05) is 27.0 Å². The normalized spacial score (nSPS) is 12.3. The second kappa shape index (κ2) is 11.8. The number of benzene rings is 3. The minimum absolute atomic E-state index is 0.0379. The van der Waals surface area contributed by atoms with Crippen molar-refractivity contribution in [2.75, 3.05) is 0 Å². The van der Waals surface area contributed by atoms with E-state index in [1.807, 2.05) is 19.9 Å². The molecule has 0 amide bonds. The van der Waals surface area contributed by atoms with E-state index in [-0.39, 0.29) is 40.1 Å². The van der Waals surface area contributed by atoms with E-state index in [9.17, 15) is 14.9 Å². The van der Waals surface area contributed by atoms with Gasteiger partial charge in [0.1, 0.15) is 12.4 Å². The molecule has 0 saturated carbocycles. The van der Waals surface area contributed by atoms with E-state index in [1.165, 1.54) is 23.0 Å². The summed E-state index contributed by atoms with van der Waals surface area (Å²) in [5.74, 6) is 0.300. The molecular formula is C26H20BrCl3N4O4. The summed E-state index contributed by atoms with van der Waals surface area (Å²) in [7, 11) is 0. The smallest absolute Gasteiger partial charge is 0.313 e. The zero-order chi connectivity index (χ0) is 27.6. The molecule has 12 heteroatoms. The van der Waals surface area contributed by atoms with Gasteiger partial charge >= 0.3 is 5.69 Å². The predicted octanol–water partition coefficient (Wildman–Crippen LogP) is 8.00. The maximum atomic E-state index is 13.4. The highest BCUT2D eigenvalue weighted by Gasteiger charge is 2.22. The lowest BCUT2D eigenvalue weighted by atomic mass is 10.1. The molecule has 1 aromatic heterocycles. The molecule has 8 nitrogen and oxygen atoms in total. The Hall–Kier alpha value is -2.98. The van der Waals surface area contributed by atoms with Crippen LogP contribution in [0.5, 0.6) is 5.75 Å². The van der Waals surface area contributed by atoms with Gasteiger partial charge in [-0.05, 0) is 48.4 Å². The zero-order valence-corrected chi connectivity index (χ0v) is 24.0. The van der Waals surface area contributed by atoms with Crippen molar-refractivity contribution in [1.82, 2.24) is 9.66 Å². The Morgan fingerprint density at radius 1 is 1.16 bits per heavy atom. The molecule has 0 saturated heterocycles. The van der Waals surface area contributed by atoms with Crippen molar-refractivity contribution < 1.29 is 9.66 Å². The van der Waals surface area contributed by atoms with Gasteiger partial charge in [-0.25, -0.2) is 4.98 Å². The van der Waals surface area contributed by atoms with E-state index in [0.29, 0.717) is 38.8 Å². The van der Waals surface area contributed by atoms with Crippen LogP contribution < -0.4 is 10.3 Å². The SMILES string of the molecule is CC[C@@H](C)c1nc2ccc(Br)cc2c(=O)n1N=Cc1cc(Cl)cc([N+](=O)[O-])c1OCc1ccc(Cl)c(Cl)c1. The molecule has 0 aliphatic rings. The average Bonchev–Trinajstić information content (AvgIpc) is 2.88. The number of ether oxygens (including phenoxy) is 1. The molecule has 3 aromatic carbocycles. The predicted molar refractivity (Wildman–Crippen MR) is 154 cm³/mol. The lowest BCUT2D eigenvalue weighted by molar-refractivity contribution is -0.385. The summed E-state index contributed by atoms with van der Waals surface area (Å²) in [6.07, 6.45) is 2.02. The molecule has 0 bridgehead atoms. The number of nitrogens with zero attached hydrogens (tertiary/aromatic N) is 4. The number of hydrogen-bond donors (Lipinski definition) is 0. The van der Waals surface area contributed by atoms with E-state index in [4.69, 9.17) is 39.5 Å². The second-order valence-corrected chi connectivity index (χ2v) is 10.6. The fourth-order valence-electron chi connectivity index (χ4n) is 3.67. The summed E-state index contributed by atoms with van der Waals surface area (Å²) in [4.78, 5) is 29.4. The Morgan fingerprint density at radius 3 is 2.61 bits per heavy atom. The summed E-state index contributed by atoms with van der Waals surface area (Å²) in [5, 5.41) is 17.4. The summed E-state index contributed by atoms with van der Waals surface area (Å²) in [6, 6.07) is 12.8. The summed E-state index contributed by atoms with van der Waals surface area (Å²) in [6.45, 7) is 3.88. The van der Waals surface area contributed by atoms with Crippen LogP contribution in [0.25, 0.3) is 10.9 Å². The Morgan fingerprint density at radius 2 is 1.92 bits per heavy atom. The summed E-state index contributed by atoms with van der Waals surface area (Å²) >= 11 is 21.7. The van der Waals surface area contributed by atoms with Gasteiger partial charge in [0.15, 0.2) is 0 Å². The maximum Gasteiger partial charge on any atom is 0.313 e. The standard InChI is InChI=1S/C26H20BrCl3N4O4/c1-3-14(2)25-32-22-7-5-17(27)10-19(22)26(35)33(25)31-12-16-9-18(28)11-23(34(36)37)24(16)38-13-15-4-6-20(29)21(30)8-15/h4-12,14H,3,13H2,1-2H3/t14-/m1/s1. The van der Waals surface area contributed by atoms with E-state index < -0.39 is 4.92 Å². The fourth-order valence-corrected chi connectivity index (χ4v) is 4.58. The quantitative estimate of drug-likeness (QED) is 0.111. The number of fused-ring (bicyclic) bond motifs is 1. The van der Waals surface area contributed by atoms with Crippen molar-refractivity contribution in [3.8, 4) is 5.75 Å². The highest BCUT2D eigenvalue weighted by Crippen LogP contribution is 2.35. The lowest BCUT2D eigenvalue weighted by Crippen LogP contribution is -2.23. The highest BCUT2D eigenvalue weighted by molar-refractivity contribution is 9.10. The molecular weight excluding hydrogens is 619 g/mol. The molecule has 0 aliphatic carbocycles. The topological polar surface area (TPSA) is 99.6 Å². The van der Waals surface area contributed by atoms with Crippen LogP contribution in [0.2, 0.25) is 15.1 Å². The van der Waals surface area contributed by atoms with Crippen LogP contribution in [-0.2, 0) is 6.61 Å². The molecule has 0 unspecified atom stereocenters. The van der Waals surface area contributed by atoms with Crippen molar-refractivity contribution in [1.29, 1.82) is 0 Å². The molecule has 4 rings (SSSR count). The molecule has 4 aromatic rings. The third kappa shape index (κ3) is 6.02. The number of aromatic nitrogens is 2. The second-order valence-electron chi connectivity index (χ2n) is 8.44. The molecule has 1 heterocycles. The molecule has 38 heavy (non-hydrogen) atoms. The molecule has 196 valence electrons. The van der Waals surface area contributed by atoms with Crippen molar-refractivity contribution >= 4 is 73.5 Å². The Labute approximate surface area is 241 Å². The van der Waals surface area contributed by atoms with E-state index in [0.717, 1.165) is 4.47 Å². The van der Waals surface area contributed by atoms with Gasteiger partial charge in [0.05, 0.1) is 32.1 Å². The van der Waals surface area contributed by atoms with Gasteiger partial charge in [0.25, 0.3) is 5.56 Å². The molecule has 0 aliphatic heterocycles. The summed E-state index contributed by atoms with van der Waals surface area (Å²) in [5.41, 5.74) is 0.669. The first-order chi connectivity index (χ1) is 18.1. The Kier molecular flexibility index (Phi) is 8.72. The number of halogens is 4. The van der Waals surface area contributed by atoms with Crippen molar-refractivity contribution in [3.05, 3.63) is 105 Å². The fraction of sp³-hybridized carbons (Fsp3) is 0.192. The minimum atomic E-state index is -0.598. The van der Waals surface area contributed by atoms with Gasteiger partial charge in [-0.2, -0.15) is 9.78 Å². The van der Waals surface area contributed by atoms with Crippen LogP contribution in [-0.4, -0.2) is 20.8 Å². The first kappa shape index (κ1) is 28.0. The van der Waals surface area contributed by atoms with Gasteiger partial charge in [-0.3, -0.25) is 14.9 Å². The lowest BCUT2D eigenvalue weighted by Gasteiger charge is -2.14. The molecule has 0 spiro atoms. The third-order valence-electron chi connectivity index (χ3n) is 5.83. The first-order valence-corrected chi connectivity index (χ1v) is 13.3.